The molecule has 0 aliphatic heterocycles. The number of halogens is 1. The molecule has 1 aromatic heterocycles. The molecule has 19 heavy (non-hydrogen) atoms. The van der Waals surface area contributed by atoms with E-state index >= 15 is 0 Å². The molecule has 4 N–H and O–H groups in total. The van der Waals surface area contributed by atoms with Crippen molar-refractivity contribution in [3.8, 4) is 0 Å². The van der Waals surface area contributed by atoms with Gasteiger partial charge >= 0.3 is 0 Å². The summed E-state index contributed by atoms with van der Waals surface area (Å²) in [6.07, 6.45) is 2.71. The van der Waals surface area contributed by atoms with E-state index in [2.05, 4.69) is 36.2 Å². The smallest absolute Gasteiger partial charge is 0.180 e. The van der Waals surface area contributed by atoms with E-state index in [1.54, 1.807) is 11.3 Å². The van der Waals surface area contributed by atoms with Gasteiger partial charge in [0.1, 0.15) is 0 Å². The fraction of sp³-hybridized carbons (Fsp3) is 0.357. The molecule has 1 unspecified atom stereocenters. The molecule has 1 atom stereocenters. The summed E-state index contributed by atoms with van der Waals surface area (Å²) >= 11 is 1.58. The number of anilines is 1. The Morgan fingerprint density at radius 2 is 2.16 bits per heavy atom. The Hall–Kier alpha value is -1.10. The number of rotatable bonds is 1. The van der Waals surface area contributed by atoms with Crippen molar-refractivity contribution in [2.75, 3.05) is 5.73 Å². The first-order chi connectivity index (χ1) is 8.57. The Kier molecular flexibility index (Phi) is 3.85. The van der Waals surface area contributed by atoms with E-state index in [1.807, 2.05) is 0 Å². The second-order valence-corrected chi connectivity index (χ2v) is 6.24. The Labute approximate surface area is 123 Å². The second kappa shape index (κ2) is 5.12. The Morgan fingerprint density at radius 3 is 2.89 bits per heavy atom. The van der Waals surface area contributed by atoms with E-state index < -0.39 is 0 Å². The van der Waals surface area contributed by atoms with E-state index in [0.29, 0.717) is 5.13 Å². The predicted molar refractivity (Wildman–Crippen MR) is 82.8 cm³/mol. The summed E-state index contributed by atoms with van der Waals surface area (Å²) in [7, 11) is 0. The summed E-state index contributed by atoms with van der Waals surface area (Å²) in [6, 6.07) is 8.50. The number of nitrogen functional groups attached to an aromatic ring is 1. The number of thiazole rings is 1. The average molecular weight is 296 g/mol. The van der Waals surface area contributed by atoms with Gasteiger partial charge < -0.3 is 11.5 Å². The number of benzene rings is 1. The standard InChI is InChI=1S/C14H17N3S.ClH/c1-9-3-2-4-10(7-9)14(16)6-5-11-12(8-14)18-13(15)17-11;/h2-4,7H,5-6,8,16H2,1H3,(H2,15,17);1H. The first kappa shape index (κ1) is 14.3. The minimum absolute atomic E-state index is 0. The van der Waals surface area contributed by atoms with Crippen molar-refractivity contribution >= 4 is 28.9 Å². The van der Waals surface area contributed by atoms with Gasteiger partial charge in [-0.25, -0.2) is 4.98 Å². The van der Waals surface area contributed by atoms with Crippen LogP contribution < -0.4 is 11.5 Å². The lowest BCUT2D eigenvalue weighted by Crippen LogP contribution is -2.41. The molecule has 0 amide bonds. The van der Waals surface area contributed by atoms with Crippen molar-refractivity contribution in [1.82, 2.24) is 4.98 Å². The van der Waals surface area contributed by atoms with E-state index in [9.17, 15) is 0 Å². The van der Waals surface area contributed by atoms with Gasteiger partial charge in [0.25, 0.3) is 0 Å². The highest BCUT2D eigenvalue weighted by atomic mass is 35.5. The zero-order valence-electron chi connectivity index (χ0n) is 10.8. The quantitative estimate of drug-likeness (QED) is 0.850. The molecule has 1 aliphatic rings. The van der Waals surface area contributed by atoms with Crippen LogP contribution in [0.2, 0.25) is 0 Å². The van der Waals surface area contributed by atoms with Crippen LogP contribution in [0.1, 0.15) is 28.1 Å². The minimum Gasteiger partial charge on any atom is -0.375 e. The molecule has 0 radical (unpaired) electrons. The van der Waals surface area contributed by atoms with Crippen molar-refractivity contribution < 1.29 is 0 Å². The van der Waals surface area contributed by atoms with Gasteiger partial charge in [-0.2, -0.15) is 0 Å². The van der Waals surface area contributed by atoms with Crippen molar-refractivity contribution in [3.05, 3.63) is 46.0 Å². The largest absolute Gasteiger partial charge is 0.375 e. The van der Waals surface area contributed by atoms with E-state index in [0.717, 1.165) is 25.0 Å². The van der Waals surface area contributed by atoms with Gasteiger partial charge in [0.2, 0.25) is 0 Å². The monoisotopic (exact) mass is 295 g/mol. The van der Waals surface area contributed by atoms with Crippen molar-refractivity contribution in [2.24, 2.45) is 5.73 Å². The third kappa shape index (κ3) is 2.61. The van der Waals surface area contributed by atoms with Crippen LogP contribution >= 0.6 is 23.7 Å². The molecule has 1 aliphatic carbocycles. The first-order valence-corrected chi connectivity index (χ1v) is 6.98. The number of fused-ring (bicyclic) bond motifs is 1. The van der Waals surface area contributed by atoms with E-state index in [1.165, 1.54) is 16.0 Å². The van der Waals surface area contributed by atoms with E-state index in [-0.39, 0.29) is 17.9 Å². The van der Waals surface area contributed by atoms with E-state index in [4.69, 9.17) is 11.5 Å². The maximum atomic E-state index is 6.61. The molecule has 2 aromatic rings. The fourth-order valence-corrected chi connectivity index (χ4v) is 3.66. The zero-order chi connectivity index (χ0) is 12.8. The minimum atomic E-state index is -0.266. The Bertz CT molecular complexity index is 596. The number of hydrogen-bond donors (Lipinski definition) is 2. The van der Waals surface area contributed by atoms with Gasteiger partial charge in [-0.05, 0) is 25.3 Å². The number of nitrogens with two attached hydrogens (primary N) is 2. The van der Waals surface area contributed by atoms with Crippen LogP contribution in [0.4, 0.5) is 5.13 Å². The molecule has 0 saturated heterocycles. The van der Waals surface area contributed by atoms with Crippen LogP contribution in [0.5, 0.6) is 0 Å². The number of hydrogen-bond acceptors (Lipinski definition) is 4. The molecule has 3 rings (SSSR count). The predicted octanol–water partition coefficient (Wildman–Crippen LogP) is 2.80. The third-order valence-electron chi connectivity index (χ3n) is 3.67. The highest BCUT2D eigenvalue weighted by Crippen LogP contribution is 2.37. The lowest BCUT2D eigenvalue weighted by molar-refractivity contribution is 0.386. The lowest BCUT2D eigenvalue weighted by atomic mass is 9.78. The Balaban J connectivity index is 0.00000133. The molecule has 1 heterocycles. The number of aromatic nitrogens is 1. The molecular formula is C14H18ClN3S. The van der Waals surface area contributed by atoms with Gasteiger partial charge in [0.15, 0.2) is 5.13 Å². The molecule has 0 saturated carbocycles. The van der Waals surface area contributed by atoms with Crippen LogP contribution in [0, 0.1) is 6.92 Å². The normalized spacial score (nSPS) is 21.6. The number of aryl methyl sites for hydroxylation is 2. The van der Waals surface area contributed by atoms with Crippen LogP contribution in [0.15, 0.2) is 24.3 Å². The van der Waals surface area contributed by atoms with Gasteiger partial charge in [0, 0.05) is 16.8 Å². The molecular weight excluding hydrogens is 278 g/mol. The topological polar surface area (TPSA) is 64.9 Å². The molecule has 0 spiro atoms. The van der Waals surface area contributed by atoms with Crippen molar-refractivity contribution in [3.63, 3.8) is 0 Å². The van der Waals surface area contributed by atoms with Crippen LogP contribution in [0.25, 0.3) is 0 Å². The first-order valence-electron chi connectivity index (χ1n) is 6.17. The van der Waals surface area contributed by atoms with Gasteiger partial charge in [-0.3, -0.25) is 0 Å². The summed E-state index contributed by atoms with van der Waals surface area (Å²) in [5.41, 5.74) is 15.7. The lowest BCUT2D eigenvalue weighted by Gasteiger charge is -2.33. The summed E-state index contributed by atoms with van der Waals surface area (Å²) < 4.78 is 0. The second-order valence-electron chi connectivity index (χ2n) is 5.12. The molecule has 1 aromatic carbocycles. The van der Waals surface area contributed by atoms with Gasteiger partial charge in [-0.15, -0.1) is 23.7 Å². The maximum Gasteiger partial charge on any atom is 0.180 e. The summed E-state index contributed by atoms with van der Waals surface area (Å²) in [4.78, 5) is 5.62. The zero-order valence-corrected chi connectivity index (χ0v) is 12.5. The van der Waals surface area contributed by atoms with Crippen LogP contribution in [0.3, 0.4) is 0 Å². The molecule has 0 bridgehead atoms. The van der Waals surface area contributed by atoms with Crippen LogP contribution in [-0.4, -0.2) is 4.98 Å². The maximum absolute atomic E-state index is 6.61. The highest BCUT2D eigenvalue weighted by Gasteiger charge is 2.34. The SMILES string of the molecule is Cc1cccc(C2(N)CCc3nc(N)sc3C2)c1.Cl. The van der Waals surface area contributed by atoms with Crippen LogP contribution in [-0.2, 0) is 18.4 Å². The summed E-state index contributed by atoms with van der Waals surface area (Å²) in [5.74, 6) is 0. The van der Waals surface area contributed by atoms with Gasteiger partial charge in [0.05, 0.1) is 5.69 Å². The summed E-state index contributed by atoms with van der Waals surface area (Å²) in [5, 5.41) is 0.661. The third-order valence-corrected chi connectivity index (χ3v) is 4.60. The van der Waals surface area contributed by atoms with Crippen molar-refractivity contribution in [2.45, 2.75) is 31.7 Å². The molecule has 0 fully saturated rings. The average Bonchev–Trinajstić information content (AvgIpc) is 2.68. The fourth-order valence-electron chi connectivity index (χ4n) is 2.65. The molecule has 3 nitrogen and oxygen atoms in total. The summed E-state index contributed by atoms with van der Waals surface area (Å²) in [6.45, 7) is 2.10. The Morgan fingerprint density at radius 1 is 1.37 bits per heavy atom. The molecule has 102 valence electrons. The molecule has 5 heteroatoms. The van der Waals surface area contributed by atoms with Gasteiger partial charge in [-0.1, -0.05) is 29.8 Å². The van der Waals surface area contributed by atoms with Crippen molar-refractivity contribution in [1.29, 1.82) is 0 Å². The number of nitrogens with zero attached hydrogens (tertiary/aromatic N) is 1. The highest BCUT2D eigenvalue weighted by molar-refractivity contribution is 7.15.